The van der Waals surface area contributed by atoms with Crippen LogP contribution in [0.2, 0.25) is 0 Å². The molecule has 1 aliphatic rings. The molecule has 4 rings (SSSR count). The van der Waals surface area contributed by atoms with Crippen LogP contribution in [0.15, 0.2) is 54.0 Å². The minimum atomic E-state index is -0.179. The lowest BCUT2D eigenvalue weighted by Crippen LogP contribution is -2.50. The van der Waals surface area contributed by atoms with Crippen LogP contribution in [0.4, 0.5) is 27.1 Å². The molecule has 0 saturated carbocycles. The van der Waals surface area contributed by atoms with E-state index in [9.17, 15) is 9.59 Å². The van der Waals surface area contributed by atoms with Crippen molar-refractivity contribution in [1.29, 1.82) is 0 Å². The average molecular weight is 466 g/mol. The van der Waals surface area contributed by atoms with Gasteiger partial charge in [-0.1, -0.05) is 6.07 Å². The zero-order chi connectivity index (χ0) is 23.2. The maximum atomic E-state index is 12.6. The molecule has 33 heavy (non-hydrogen) atoms. The van der Waals surface area contributed by atoms with Crippen molar-refractivity contribution in [2.24, 2.45) is 0 Å². The van der Waals surface area contributed by atoms with Gasteiger partial charge in [0, 0.05) is 63.2 Å². The van der Waals surface area contributed by atoms with Crippen molar-refractivity contribution in [1.82, 2.24) is 14.9 Å². The van der Waals surface area contributed by atoms with Crippen LogP contribution in [0.25, 0.3) is 0 Å². The number of carbonyl (C=O) groups excluding carboxylic acids is 2. The Morgan fingerprint density at radius 1 is 1.03 bits per heavy atom. The van der Waals surface area contributed by atoms with E-state index in [1.165, 1.54) is 11.3 Å². The number of pyridine rings is 1. The summed E-state index contributed by atoms with van der Waals surface area (Å²) in [5, 5.41) is 8.01. The van der Waals surface area contributed by atoms with Crippen molar-refractivity contribution in [3.63, 3.8) is 0 Å². The lowest BCUT2D eigenvalue weighted by atomic mass is 10.2. The molecule has 0 unspecified atom stereocenters. The summed E-state index contributed by atoms with van der Waals surface area (Å²) in [6.07, 6.45) is 1.92. The van der Waals surface area contributed by atoms with Crippen LogP contribution in [-0.4, -0.2) is 67.1 Å². The Hall–Kier alpha value is -3.66. The number of urea groups is 1. The molecule has 1 aromatic carbocycles. The molecule has 3 aromatic rings. The molecule has 1 aliphatic heterocycles. The molecule has 0 atom stereocenters. The molecule has 172 valence electrons. The minimum absolute atomic E-state index is 0.143. The second-order valence-electron chi connectivity index (χ2n) is 7.90. The Morgan fingerprint density at radius 2 is 1.79 bits per heavy atom. The average Bonchev–Trinajstić information content (AvgIpc) is 3.26. The molecular weight excluding hydrogens is 438 g/mol. The third kappa shape index (κ3) is 5.98. The Kier molecular flexibility index (Phi) is 7.04. The summed E-state index contributed by atoms with van der Waals surface area (Å²) < 4.78 is 0. The summed E-state index contributed by atoms with van der Waals surface area (Å²) >= 11 is 1.32. The highest BCUT2D eigenvalue weighted by atomic mass is 32.1. The van der Waals surface area contributed by atoms with E-state index in [4.69, 9.17) is 0 Å². The van der Waals surface area contributed by atoms with E-state index in [1.54, 1.807) is 16.5 Å². The molecule has 2 aromatic heterocycles. The predicted molar refractivity (Wildman–Crippen MR) is 132 cm³/mol. The minimum Gasteiger partial charge on any atom is -0.378 e. The van der Waals surface area contributed by atoms with Gasteiger partial charge < -0.3 is 20.0 Å². The van der Waals surface area contributed by atoms with Crippen LogP contribution < -0.4 is 20.4 Å². The molecule has 1 saturated heterocycles. The van der Waals surface area contributed by atoms with E-state index in [2.05, 4.69) is 25.5 Å². The number of aromatic nitrogens is 2. The predicted octanol–water partition coefficient (Wildman–Crippen LogP) is 3.14. The van der Waals surface area contributed by atoms with Gasteiger partial charge in [0.1, 0.15) is 5.82 Å². The van der Waals surface area contributed by atoms with Gasteiger partial charge in [0.05, 0.1) is 12.1 Å². The summed E-state index contributed by atoms with van der Waals surface area (Å²) in [7, 11) is 3.93. The number of benzene rings is 1. The Morgan fingerprint density at radius 3 is 2.45 bits per heavy atom. The molecule has 9 nitrogen and oxygen atoms in total. The summed E-state index contributed by atoms with van der Waals surface area (Å²) in [4.78, 5) is 39.7. The van der Waals surface area contributed by atoms with Gasteiger partial charge in [0.15, 0.2) is 5.13 Å². The van der Waals surface area contributed by atoms with E-state index in [1.807, 2.05) is 61.5 Å². The van der Waals surface area contributed by atoms with Gasteiger partial charge >= 0.3 is 6.03 Å². The van der Waals surface area contributed by atoms with Gasteiger partial charge in [-0.05, 0) is 36.4 Å². The summed E-state index contributed by atoms with van der Waals surface area (Å²) in [6.45, 7) is 2.66. The molecule has 1 fully saturated rings. The zero-order valence-corrected chi connectivity index (χ0v) is 19.5. The molecule has 10 heteroatoms. The lowest BCUT2D eigenvalue weighted by molar-refractivity contribution is -0.115. The number of hydrogen-bond donors (Lipinski definition) is 2. The van der Waals surface area contributed by atoms with Gasteiger partial charge in [0.25, 0.3) is 0 Å². The molecular formula is C23H27N7O2S. The first-order valence-corrected chi connectivity index (χ1v) is 11.6. The van der Waals surface area contributed by atoms with Crippen LogP contribution >= 0.6 is 11.3 Å². The number of piperazine rings is 1. The zero-order valence-electron chi connectivity index (χ0n) is 18.7. The van der Waals surface area contributed by atoms with E-state index in [-0.39, 0.29) is 18.4 Å². The number of anilines is 4. The highest BCUT2D eigenvalue weighted by Crippen LogP contribution is 2.19. The first kappa shape index (κ1) is 22.5. The number of hydrogen-bond acceptors (Lipinski definition) is 7. The van der Waals surface area contributed by atoms with Gasteiger partial charge in [-0.3, -0.25) is 10.1 Å². The number of nitrogens with one attached hydrogen (secondary N) is 2. The summed E-state index contributed by atoms with van der Waals surface area (Å²) in [6, 6.07) is 13.3. The maximum absolute atomic E-state index is 12.6. The monoisotopic (exact) mass is 465 g/mol. The number of amides is 3. The van der Waals surface area contributed by atoms with Crippen LogP contribution in [0, 0.1) is 0 Å². The van der Waals surface area contributed by atoms with Gasteiger partial charge in [-0.2, -0.15) is 0 Å². The third-order valence-corrected chi connectivity index (χ3v) is 6.12. The fourth-order valence-electron chi connectivity index (χ4n) is 3.51. The number of rotatable bonds is 6. The Labute approximate surface area is 197 Å². The molecule has 3 heterocycles. The van der Waals surface area contributed by atoms with E-state index in [0.717, 1.165) is 30.3 Å². The normalized spacial score (nSPS) is 13.5. The van der Waals surface area contributed by atoms with Crippen LogP contribution in [0.1, 0.15) is 5.69 Å². The van der Waals surface area contributed by atoms with Gasteiger partial charge in [-0.25, -0.2) is 14.8 Å². The quantitative estimate of drug-likeness (QED) is 0.581. The van der Waals surface area contributed by atoms with Gasteiger partial charge in [-0.15, -0.1) is 11.3 Å². The fourth-order valence-corrected chi connectivity index (χ4v) is 4.21. The second kappa shape index (κ2) is 10.3. The van der Waals surface area contributed by atoms with Crippen LogP contribution in [-0.2, 0) is 11.2 Å². The molecule has 3 amide bonds. The first-order chi connectivity index (χ1) is 16.0. The fraction of sp³-hybridized carbons (Fsp3) is 0.304. The van der Waals surface area contributed by atoms with Crippen molar-refractivity contribution in [3.05, 3.63) is 59.7 Å². The number of nitrogens with zero attached hydrogens (tertiary/aromatic N) is 5. The largest absolute Gasteiger partial charge is 0.378 e. The standard InChI is InChI=1S/C23H27N7O2S/c1-28(2)19-8-6-17(7-9-19)25-21(31)15-18-16-33-22(26-18)27-23(32)30-13-11-29(12-14-30)20-5-3-4-10-24-20/h3-10,16H,11-15H2,1-2H3,(H,25,31)(H,26,27,32). The number of thiazole rings is 1. The Bertz CT molecular complexity index is 1080. The molecule has 2 N–H and O–H groups in total. The lowest BCUT2D eigenvalue weighted by Gasteiger charge is -2.35. The molecule has 0 bridgehead atoms. The number of carbonyl (C=O) groups is 2. The maximum Gasteiger partial charge on any atom is 0.323 e. The van der Waals surface area contributed by atoms with Crippen molar-refractivity contribution >= 4 is 45.6 Å². The van der Waals surface area contributed by atoms with Crippen molar-refractivity contribution in [3.8, 4) is 0 Å². The molecule has 0 spiro atoms. The van der Waals surface area contributed by atoms with E-state index >= 15 is 0 Å². The van der Waals surface area contributed by atoms with Gasteiger partial charge in [0.2, 0.25) is 5.91 Å². The second-order valence-corrected chi connectivity index (χ2v) is 8.76. The smallest absolute Gasteiger partial charge is 0.323 e. The molecule has 0 radical (unpaired) electrons. The molecule has 0 aliphatic carbocycles. The van der Waals surface area contributed by atoms with E-state index in [0.29, 0.717) is 23.9 Å². The van der Waals surface area contributed by atoms with Crippen molar-refractivity contribution in [2.45, 2.75) is 6.42 Å². The topological polar surface area (TPSA) is 93.7 Å². The van der Waals surface area contributed by atoms with Crippen molar-refractivity contribution in [2.75, 3.05) is 60.7 Å². The summed E-state index contributed by atoms with van der Waals surface area (Å²) in [5.41, 5.74) is 2.42. The highest BCUT2D eigenvalue weighted by Gasteiger charge is 2.22. The summed E-state index contributed by atoms with van der Waals surface area (Å²) in [5.74, 6) is 0.774. The first-order valence-electron chi connectivity index (χ1n) is 10.7. The highest BCUT2D eigenvalue weighted by molar-refractivity contribution is 7.13. The Balaban J connectivity index is 1.24. The van der Waals surface area contributed by atoms with Crippen molar-refractivity contribution < 1.29 is 9.59 Å². The third-order valence-electron chi connectivity index (χ3n) is 5.31. The van der Waals surface area contributed by atoms with E-state index < -0.39 is 0 Å². The van der Waals surface area contributed by atoms with Crippen LogP contribution in [0.3, 0.4) is 0 Å². The SMILES string of the molecule is CN(C)c1ccc(NC(=O)Cc2csc(NC(=O)N3CCN(c4ccccn4)CC3)n2)cc1. The van der Waals surface area contributed by atoms with Crippen LogP contribution in [0.5, 0.6) is 0 Å².